The van der Waals surface area contributed by atoms with Crippen molar-refractivity contribution in [2.45, 2.75) is 38.6 Å². The molecule has 1 aliphatic rings. The predicted octanol–water partition coefficient (Wildman–Crippen LogP) is 4.35. The maximum atomic E-state index is 12.9. The zero-order valence-electron chi connectivity index (χ0n) is 16.8. The second-order valence-electron chi connectivity index (χ2n) is 7.42. The first-order valence-electron chi connectivity index (χ1n) is 9.97. The minimum atomic E-state index is -0.135. The van der Waals surface area contributed by atoms with Crippen molar-refractivity contribution in [3.63, 3.8) is 0 Å². The average molecular weight is 391 g/mol. The summed E-state index contributed by atoms with van der Waals surface area (Å²) < 4.78 is 10.7. The summed E-state index contributed by atoms with van der Waals surface area (Å²) in [4.78, 5) is 19.3. The van der Waals surface area contributed by atoms with Gasteiger partial charge in [0.2, 0.25) is 17.6 Å². The molecule has 150 valence electrons. The molecule has 0 unspecified atom stereocenters. The lowest BCUT2D eigenvalue weighted by Gasteiger charge is -2.21. The molecule has 1 aromatic heterocycles. The smallest absolute Gasteiger partial charge is 0.249 e. The third-order valence-corrected chi connectivity index (χ3v) is 5.36. The summed E-state index contributed by atoms with van der Waals surface area (Å²) in [5.74, 6) is 2.04. The van der Waals surface area contributed by atoms with Gasteiger partial charge in [-0.2, -0.15) is 4.98 Å². The number of carbonyl (C=O) groups excluding carboxylic acids is 1. The minimum absolute atomic E-state index is 0.124. The highest BCUT2D eigenvalue weighted by molar-refractivity contribution is 5.77. The molecule has 2 heterocycles. The number of benzene rings is 2. The lowest BCUT2D eigenvalue weighted by Crippen LogP contribution is -2.30. The van der Waals surface area contributed by atoms with Crippen LogP contribution in [0.15, 0.2) is 53.1 Å². The van der Waals surface area contributed by atoms with E-state index in [1.165, 1.54) is 0 Å². The van der Waals surface area contributed by atoms with Crippen LogP contribution >= 0.6 is 0 Å². The van der Waals surface area contributed by atoms with Gasteiger partial charge in [0.25, 0.3) is 0 Å². The van der Waals surface area contributed by atoms with Gasteiger partial charge in [-0.3, -0.25) is 4.79 Å². The molecular formula is C23H25N3O3. The molecule has 1 saturated heterocycles. The van der Waals surface area contributed by atoms with Crippen molar-refractivity contribution in [1.29, 1.82) is 0 Å². The van der Waals surface area contributed by atoms with Crippen LogP contribution in [0.2, 0.25) is 0 Å². The van der Waals surface area contributed by atoms with Gasteiger partial charge in [-0.05, 0) is 49.9 Å². The number of aryl methyl sites for hydroxylation is 2. The van der Waals surface area contributed by atoms with Gasteiger partial charge in [0.1, 0.15) is 11.8 Å². The van der Waals surface area contributed by atoms with E-state index in [9.17, 15) is 4.79 Å². The lowest BCUT2D eigenvalue weighted by molar-refractivity contribution is -0.132. The van der Waals surface area contributed by atoms with Crippen LogP contribution < -0.4 is 4.74 Å². The van der Waals surface area contributed by atoms with E-state index < -0.39 is 0 Å². The molecule has 0 spiro atoms. The van der Waals surface area contributed by atoms with Gasteiger partial charge in [0.15, 0.2) is 0 Å². The molecule has 3 aromatic rings. The van der Waals surface area contributed by atoms with Crippen molar-refractivity contribution >= 4 is 5.91 Å². The maximum Gasteiger partial charge on any atom is 0.249 e. The number of carbonyl (C=O) groups is 1. The number of hydrogen-bond acceptors (Lipinski definition) is 5. The molecule has 2 aromatic carbocycles. The van der Waals surface area contributed by atoms with Gasteiger partial charge in [-0.1, -0.05) is 41.1 Å². The van der Waals surface area contributed by atoms with Crippen molar-refractivity contribution < 1.29 is 14.1 Å². The Morgan fingerprint density at radius 2 is 2.07 bits per heavy atom. The van der Waals surface area contributed by atoms with E-state index >= 15 is 0 Å². The Kier molecular flexibility index (Phi) is 5.60. The SMILES string of the molecule is COc1ccc(CCC(=O)N2CCC[C@@H]2c2nc(-c3cccc(C)c3)no2)cc1. The molecule has 6 heteroatoms. The highest BCUT2D eigenvalue weighted by atomic mass is 16.5. The average Bonchev–Trinajstić information content (AvgIpc) is 3.42. The molecule has 1 aliphatic heterocycles. The molecular weight excluding hydrogens is 366 g/mol. The second kappa shape index (κ2) is 8.47. The van der Waals surface area contributed by atoms with Crippen molar-refractivity contribution in [2.24, 2.45) is 0 Å². The summed E-state index contributed by atoms with van der Waals surface area (Å²) in [6, 6.07) is 15.7. The van der Waals surface area contributed by atoms with Gasteiger partial charge in [0, 0.05) is 18.5 Å². The number of nitrogens with zero attached hydrogens (tertiary/aromatic N) is 3. The van der Waals surface area contributed by atoms with E-state index in [1.807, 2.05) is 60.4 Å². The fourth-order valence-corrected chi connectivity index (χ4v) is 3.78. The summed E-state index contributed by atoms with van der Waals surface area (Å²) in [7, 11) is 1.65. The number of amides is 1. The van der Waals surface area contributed by atoms with E-state index in [0.29, 0.717) is 24.6 Å². The predicted molar refractivity (Wildman–Crippen MR) is 109 cm³/mol. The molecule has 1 amide bonds. The first-order chi connectivity index (χ1) is 14.1. The Labute approximate surface area is 170 Å². The molecule has 1 fully saturated rings. The highest BCUT2D eigenvalue weighted by Gasteiger charge is 2.33. The number of methoxy groups -OCH3 is 1. The first kappa shape index (κ1) is 19.2. The van der Waals surface area contributed by atoms with Gasteiger partial charge >= 0.3 is 0 Å². The molecule has 0 aliphatic carbocycles. The maximum absolute atomic E-state index is 12.9. The van der Waals surface area contributed by atoms with Crippen LogP contribution in [0.5, 0.6) is 5.75 Å². The second-order valence-corrected chi connectivity index (χ2v) is 7.42. The van der Waals surface area contributed by atoms with Crippen LogP contribution in [0, 0.1) is 6.92 Å². The Hall–Kier alpha value is -3.15. The topological polar surface area (TPSA) is 68.5 Å². The van der Waals surface area contributed by atoms with E-state index in [2.05, 4.69) is 10.1 Å². The van der Waals surface area contributed by atoms with Gasteiger partial charge in [-0.15, -0.1) is 0 Å². The number of likely N-dealkylation sites (tertiary alicyclic amines) is 1. The zero-order chi connectivity index (χ0) is 20.2. The summed E-state index contributed by atoms with van der Waals surface area (Å²) in [5.41, 5.74) is 3.19. The Morgan fingerprint density at radius 1 is 1.24 bits per heavy atom. The van der Waals surface area contributed by atoms with Crippen molar-refractivity contribution in [3.8, 4) is 17.1 Å². The summed E-state index contributed by atoms with van der Waals surface area (Å²) in [6.07, 6.45) is 2.96. The number of hydrogen-bond donors (Lipinski definition) is 0. The molecule has 0 bridgehead atoms. The van der Waals surface area contributed by atoms with Gasteiger partial charge in [0.05, 0.1) is 7.11 Å². The van der Waals surface area contributed by atoms with Crippen LogP contribution in [0.25, 0.3) is 11.4 Å². The summed E-state index contributed by atoms with van der Waals surface area (Å²) in [5, 5.41) is 4.14. The number of aromatic nitrogens is 2. The first-order valence-corrected chi connectivity index (χ1v) is 9.97. The van der Waals surface area contributed by atoms with Crippen LogP contribution in [-0.2, 0) is 11.2 Å². The number of ether oxygens (including phenoxy) is 1. The van der Waals surface area contributed by atoms with Crippen LogP contribution in [-0.4, -0.2) is 34.6 Å². The molecule has 6 nitrogen and oxygen atoms in total. The van der Waals surface area contributed by atoms with Crippen LogP contribution in [0.3, 0.4) is 0 Å². The summed E-state index contributed by atoms with van der Waals surface area (Å²) >= 11 is 0. The Morgan fingerprint density at radius 3 is 2.83 bits per heavy atom. The Balaban J connectivity index is 1.42. The zero-order valence-corrected chi connectivity index (χ0v) is 16.8. The van der Waals surface area contributed by atoms with Gasteiger partial charge < -0.3 is 14.2 Å². The standard InChI is InChI=1S/C23H25N3O3/c1-16-5-3-6-18(15-16)22-24-23(29-25-22)20-7-4-14-26(20)21(27)13-10-17-8-11-19(28-2)12-9-17/h3,5-6,8-9,11-12,15,20H,4,7,10,13-14H2,1-2H3/t20-/m1/s1. The highest BCUT2D eigenvalue weighted by Crippen LogP contribution is 2.32. The fourth-order valence-electron chi connectivity index (χ4n) is 3.78. The minimum Gasteiger partial charge on any atom is -0.497 e. The van der Waals surface area contributed by atoms with Crippen molar-refractivity contribution in [3.05, 3.63) is 65.5 Å². The molecule has 1 atom stereocenters. The lowest BCUT2D eigenvalue weighted by atomic mass is 10.1. The molecule has 0 radical (unpaired) electrons. The third kappa shape index (κ3) is 4.31. The van der Waals surface area contributed by atoms with Crippen LogP contribution in [0.1, 0.15) is 42.3 Å². The van der Waals surface area contributed by atoms with E-state index in [1.54, 1.807) is 7.11 Å². The Bertz CT molecular complexity index is 981. The monoisotopic (exact) mass is 391 g/mol. The van der Waals surface area contributed by atoms with E-state index in [0.717, 1.165) is 41.8 Å². The van der Waals surface area contributed by atoms with E-state index in [4.69, 9.17) is 9.26 Å². The van der Waals surface area contributed by atoms with Crippen LogP contribution in [0.4, 0.5) is 0 Å². The molecule has 0 N–H and O–H groups in total. The molecule has 29 heavy (non-hydrogen) atoms. The summed E-state index contributed by atoms with van der Waals surface area (Å²) in [6.45, 7) is 2.76. The molecule has 0 saturated carbocycles. The van der Waals surface area contributed by atoms with Crippen molar-refractivity contribution in [1.82, 2.24) is 15.0 Å². The normalized spacial score (nSPS) is 16.2. The van der Waals surface area contributed by atoms with Crippen molar-refractivity contribution in [2.75, 3.05) is 13.7 Å². The van der Waals surface area contributed by atoms with Gasteiger partial charge in [-0.25, -0.2) is 0 Å². The molecule has 4 rings (SSSR count). The largest absolute Gasteiger partial charge is 0.497 e. The fraction of sp³-hybridized carbons (Fsp3) is 0.348. The number of rotatable bonds is 6. The quantitative estimate of drug-likeness (QED) is 0.625. The third-order valence-electron chi connectivity index (χ3n) is 5.36. The van der Waals surface area contributed by atoms with E-state index in [-0.39, 0.29) is 11.9 Å².